The number of nitrogens with one attached hydrogen (secondary N) is 1. The second-order valence-electron chi connectivity index (χ2n) is 4.52. The molecule has 3 N–H and O–H groups in total. The van der Waals surface area contributed by atoms with Crippen molar-refractivity contribution in [2.24, 2.45) is 5.73 Å². The highest BCUT2D eigenvalue weighted by atomic mass is 14.9. The summed E-state index contributed by atoms with van der Waals surface area (Å²) < 4.78 is 0. The largest absolute Gasteiger partial charge is 0.329 e. The molecule has 3 heteroatoms. The molecule has 100 valence electrons. The molecule has 0 aliphatic heterocycles. The molecule has 1 heterocycles. The minimum atomic E-state index is 0.156. The van der Waals surface area contributed by atoms with E-state index in [0.717, 1.165) is 23.9 Å². The Kier molecular flexibility index (Phi) is 5.07. The molecule has 2 rings (SSSR count). The van der Waals surface area contributed by atoms with Gasteiger partial charge in [-0.05, 0) is 31.5 Å². The van der Waals surface area contributed by atoms with Crippen LogP contribution in [0, 0.1) is 0 Å². The van der Waals surface area contributed by atoms with Gasteiger partial charge in [0.1, 0.15) is 0 Å². The van der Waals surface area contributed by atoms with Crippen LogP contribution in [0.2, 0.25) is 0 Å². The summed E-state index contributed by atoms with van der Waals surface area (Å²) in [6.45, 7) is 3.54. The van der Waals surface area contributed by atoms with E-state index < -0.39 is 0 Å². The lowest BCUT2D eigenvalue weighted by Gasteiger charge is -2.18. The Balaban J connectivity index is 2.20. The average Bonchev–Trinajstić information content (AvgIpc) is 2.47. The number of hydrogen-bond acceptors (Lipinski definition) is 3. The van der Waals surface area contributed by atoms with E-state index in [2.05, 4.69) is 46.7 Å². The predicted octanol–water partition coefficient (Wildman–Crippen LogP) is 2.79. The van der Waals surface area contributed by atoms with Gasteiger partial charge in [0, 0.05) is 24.2 Å². The van der Waals surface area contributed by atoms with Gasteiger partial charge in [-0.2, -0.15) is 0 Å². The van der Waals surface area contributed by atoms with Gasteiger partial charge in [0.15, 0.2) is 0 Å². The summed E-state index contributed by atoms with van der Waals surface area (Å²) >= 11 is 0. The summed E-state index contributed by atoms with van der Waals surface area (Å²) in [5.74, 6) is 0. The molecule has 0 saturated carbocycles. The molecule has 0 saturated heterocycles. The molecule has 1 atom stereocenters. The quantitative estimate of drug-likeness (QED) is 0.616. The number of fused-ring (bicyclic) bond motifs is 1. The van der Waals surface area contributed by atoms with Crippen LogP contribution < -0.4 is 11.1 Å². The maximum absolute atomic E-state index is 5.90. The molecule has 0 fully saturated rings. The lowest BCUT2D eigenvalue weighted by atomic mass is 10.0. The molecule has 1 unspecified atom stereocenters. The van der Waals surface area contributed by atoms with Gasteiger partial charge < -0.3 is 11.1 Å². The van der Waals surface area contributed by atoms with Gasteiger partial charge in [-0.15, -0.1) is 0 Å². The molecule has 19 heavy (non-hydrogen) atoms. The summed E-state index contributed by atoms with van der Waals surface area (Å²) in [4.78, 5) is 4.48. The number of nitrogens with zero attached hydrogens (tertiary/aromatic N) is 1. The highest BCUT2D eigenvalue weighted by molar-refractivity contribution is 5.82. The number of para-hydroxylation sites is 1. The summed E-state index contributed by atoms with van der Waals surface area (Å²) in [6.07, 6.45) is 7.07. The van der Waals surface area contributed by atoms with Crippen LogP contribution in [0.15, 0.2) is 48.7 Å². The van der Waals surface area contributed by atoms with Crippen molar-refractivity contribution >= 4 is 10.9 Å². The molecule has 0 aliphatic carbocycles. The van der Waals surface area contributed by atoms with Crippen molar-refractivity contribution in [1.29, 1.82) is 0 Å². The van der Waals surface area contributed by atoms with Crippen LogP contribution >= 0.6 is 0 Å². The molecule has 0 aliphatic rings. The highest BCUT2D eigenvalue weighted by Gasteiger charge is 2.12. The van der Waals surface area contributed by atoms with E-state index in [0.29, 0.717) is 6.54 Å². The second kappa shape index (κ2) is 7.02. The monoisotopic (exact) mass is 255 g/mol. The van der Waals surface area contributed by atoms with E-state index in [1.807, 2.05) is 19.2 Å². The first kappa shape index (κ1) is 13.7. The van der Waals surface area contributed by atoms with Crippen molar-refractivity contribution in [3.63, 3.8) is 0 Å². The molecule has 3 nitrogen and oxygen atoms in total. The van der Waals surface area contributed by atoms with Gasteiger partial charge in [-0.3, -0.25) is 4.98 Å². The summed E-state index contributed by atoms with van der Waals surface area (Å²) in [5, 5.41) is 4.66. The Morgan fingerprint density at radius 3 is 2.95 bits per heavy atom. The number of allylic oxidation sites excluding steroid dienone is 1. The number of benzene rings is 1. The smallest absolute Gasteiger partial charge is 0.0750 e. The van der Waals surface area contributed by atoms with Crippen LogP contribution in [0.5, 0.6) is 0 Å². The van der Waals surface area contributed by atoms with Crippen LogP contribution in [0.1, 0.15) is 24.9 Å². The Morgan fingerprint density at radius 2 is 2.16 bits per heavy atom. The van der Waals surface area contributed by atoms with E-state index >= 15 is 0 Å². The van der Waals surface area contributed by atoms with Crippen molar-refractivity contribution < 1.29 is 0 Å². The molecular weight excluding hydrogens is 234 g/mol. The van der Waals surface area contributed by atoms with E-state index in [4.69, 9.17) is 5.73 Å². The third kappa shape index (κ3) is 3.40. The van der Waals surface area contributed by atoms with Crippen molar-refractivity contribution in [3.05, 3.63) is 54.2 Å². The lowest BCUT2D eigenvalue weighted by Crippen LogP contribution is -2.29. The zero-order chi connectivity index (χ0) is 13.5. The van der Waals surface area contributed by atoms with Crippen molar-refractivity contribution in [2.45, 2.75) is 19.4 Å². The zero-order valence-electron chi connectivity index (χ0n) is 11.3. The maximum Gasteiger partial charge on any atom is 0.0750 e. The number of aromatic nitrogens is 1. The lowest BCUT2D eigenvalue weighted by molar-refractivity contribution is 0.551. The fourth-order valence-corrected chi connectivity index (χ4v) is 2.24. The summed E-state index contributed by atoms with van der Waals surface area (Å²) in [5.41, 5.74) is 8.12. The number of pyridine rings is 1. The SMILES string of the molecule is C/C=C/CCNC(CN)c1cccc2cccnc12. The van der Waals surface area contributed by atoms with Crippen molar-refractivity contribution in [3.8, 4) is 0 Å². The Bertz CT molecular complexity index is 543. The molecule has 0 spiro atoms. The van der Waals surface area contributed by atoms with Gasteiger partial charge in [0.2, 0.25) is 0 Å². The topological polar surface area (TPSA) is 50.9 Å². The summed E-state index contributed by atoms with van der Waals surface area (Å²) in [7, 11) is 0. The summed E-state index contributed by atoms with van der Waals surface area (Å²) in [6, 6.07) is 10.5. The fourth-order valence-electron chi connectivity index (χ4n) is 2.24. The fraction of sp³-hybridized carbons (Fsp3) is 0.312. The predicted molar refractivity (Wildman–Crippen MR) is 81.0 cm³/mol. The van der Waals surface area contributed by atoms with Gasteiger partial charge in [0.25, 0.3) is 0 Å². The third-order valence-corrected chi connectivity index (χ3v) is 3.21. The van der Waals surface area contributed by atoms with Crippen LogP contribution in [-0.2, 0) is 0 Å². The first-order valence-electron chi connectivity index (χ1n) is 6.75. The van der Waals surface area contributed by atoms with Crippen molar-refractivity contribution in [1.82, 2.24) is 10.3 Å². The van der Waals surface area contributed by atoms with Gasteiger partial charge in [-0.25, -0.2) is 0 Å². The molecule has 0 amide bonds. The second-order valence-corrected chi connectivity index (χ2v) is 4.52. The zero-order valence-corrected chi connectivity index (χ0v) is 11.3. The Labute approximate surface area is 114 Å². The van der Waals surface area contributed by atoms with E-state index in [9.17, 15) is 0 Å². The maximum atomic E-state index is 5.90. The number of rotatable bonds is 6. The van der Waals surface area contributed by atoms with Gasteiger partial charge in [0.05, 0.1) is 5.52 Å². The normalized spacial score (nSPS) is 13.2. The molecule has 0 bridgehead atoms. The van der Waals surface area contributed by atoms with E-state index in [1.165, 1.54) is 5.56 Å². The minimum absolute atomic E-state index is 0.156. The van der Waals surface area contributed by atoms with Gasteiger partial charge >= 0.3 is 0 Å². The van der Waals surface area contributed by atoms with Crippen LogP contribution in [0.25, 0.3) is 10.9 Å². The van der Waals surface area contributed by atoms with Gasteiger partial charge in [-0.1, -0.05) is 36.4 Å². The standard InChI is InChI=1S/C16H21N3/c1-2-3-4-10-18-15(12-17)14-9-5-7-13-8-6-11-19-16(13)14/h2-3,5-9,11,15,18H,4,10,12,17H2,1H3/b3-2+. The first-order valence-corrected chi connectivity index (χ1v) is 6.75. The third-order valence-electron chi connectivity index (χ3n) is 3.21. The van der Waals surface area contributed by atoms with Crippen LogP contribution in [0.4, 0.5) is 0 Å². The van der Waals surface area contributed by atoms with E-state index in [-0.39, 0.29) is 6.04 Å². The molecule has 2 aromatic rings. The number of nitrogens with two attached hydrogens (primary N) is 1. The minimum Gasteiger partial charge on any atom is -0.329 e. The highest BCUT2D eigenvalue weighted by Crippen LogP contribution is 2.21. The van der Waals surface area contributed by atoms with E-state index in [1.54, 1.807) is 0 Å². The molecule has 1 aromatic carbocycles. The molecule has 0 radical (unpaired) electrons. The van der Waals surface area contributed by atoms with Crippen LogP contribution in [-0.4, -0.2) is 18.1 Å². The van der Waals surface area contributed by atoms with Crippen LogP contribution in [0.3, 0.4) is 0 Å². The number of hydrogen-bond donors (Lipinski definition) is 2. The molecule has 1 aromatic heterocycles. The Morgan fingerprint density at radius 1 is 1.32 bits per heavy atom. The molecular formula is C16H21N3. The average molecular weight is 255 g/mol. The first-order chi connectivity index (χ1) is 9.36. The van der Waals surface area contributed by atoms with Crippen molar-refractivity contribution in [2.75, 3.05) is 13.1 Å². The Hall–Kier alpha value is -1.71.